The third-order valence-electron chi connectivity index (χ3n) is 2.22. The average molecular weight is 233 g/mol. The maximum atomic E-state index is 12.0. The molecule has 0 aliphatic carbocycles. The van der Waals surface area contributed by atoms with E-state index in [9.17, 15) is 13.2 Å². The summed E-state index contributed by atoms with van der Waals surface area (Å²) in [6.45, 7) is 0. The molecule has 1 heterocycles. The zero-order valence-corrected chi connectivity index (χ0v) is 8.67. The molecule has 0 saturated heterocycles. The predicted molar refractivity (Wildman–Crippen MR) is 54.3 cm³/mol. The second kappa shape index (κ2) is 5.81. The lowest BCUT2D eigenvalue weighted by Crippen LogP contribution is -2.37. The van der Waals surface area contributed by atoms with Crippen LogP contribution in [-0.2, 0) is 6.42 Å². The van der Waals surface area contributed by atoms with Gasteiger partial charge in [0.1, 0.15) is 0 Å². The molecule has 90 valence electrons. The molecule has 3 N–H and O–H groups in total. The number of aromatic nitrogens is 1. The molecule has 6 heteroatoms. The first-order valence-electron chi connectivity index (χ1n) is 4.93. The summed E-state index contributed by atoms with van der Waals surface area (Å²) in [5.41, 5.74) is 3.26. The minimum Gasteiger partial charge on any atom is -0.271 e. The number of hydrogen-bond donors (Lipinski definition) is 2. The number of hydrogen-bond acceptors (Lipinski definition) is 3. The second-order valence-corrected chi connectivity index (χ2v) is 3.58. The highest BCUT2D eigenvalue weighted by Gasteiger charge is 2.28. The van der Waals surface area contributed by atoms with Crippen molar-refractivity contribution in [3.05, 3.63) is 30.1 Å². The molecule has 1 aromatic heterocycles. The molecule has 0 amide bonds. The van der Waals surface area contributed by atoms with Crippen LogP contribution in [0.4, 0.5) is 13.2 Å². The Kier molecular flexibility index (Phi) is 4.70. The van der Waals surface area contributed by atoms with Crippen LogP contribution >= 0.6 is 0 Å². The van der Waals surface area contributed by atoms with Crippen molar-refractivity contribution in [1.29, 1.82) is 0 Å². The number of nitrogens with one attached hydrogen (secondary N) is 1. The Morgan fingerprint density at radius 2 is 2.19 bits per heavy atom. The van der Waals surface area contributed by atoms with E-state index in [1.807, 2.05) is 6.07 Å². The molecule has 0 spiro atoms. The normalized spacial score (nSPS) is 13.8. The van der Waals surface area contributed by atoms with Crippen LogP contribution in [0.2, 0.25) is 0 Å². The Morgan fingerprint density at radius 3 is 2.69 bits per heavy atom. The van der Waals surface area contributed by atoms with Crippen molar-refractivity contribution in [1.82, 2.24) is 10.4 Å². The molecule has 1 unspecified atom stereocenters. The average Bonchev–Trinajstić information content (AvgIpc) is 2.24. The second-order valence-electron chi connectivity index (χ2n) is 3.58. The van der Waals surface area contributed by atoms with Crippen LogP contribution in [0.25, 0.3) is 0 Å². The summed E-state index contributed by atoms with van der Waals surface area (Å²) in [6, 6.07) is 3.17. The zero-order chi connectivity index (χ0) is 12.0. The fourth-order valence-corrected chi connectivity index (χ4v) is 1.39. The van der Waals surface area contributed by atoms with Gasteiger partial charge in [-0.2, -0.15) is 13.2 Å². The summed E-state index contributed by atoms with van der Waals surface area (Å²) in [5.74, 6) is 5.21. The molecule has 1 rings (SSSR count). The predicted octanol–water partition coefficient (Wildman–Crippen LogP) is 1.80. The molecule has 3 nitrogen and oxygen atoms in total. The summed E-state index contributed by atoms with van der Waals surface area (Å²) >= 11 is 0. The number of nitrogens with two attached hydrogens (primary N) is 1. The van der Waals surface area contributed by atoms with E-state index in [2.05, 4.69) is 10.4 Å². The van der Waals surface area contributed by atoms with E-state index >= 15 is 0 Å². The van der Waals surface area contributed by atoms with Crippen molar-refractivity contribution in [2.24, 2.45) is 5.84 Å². The highest BCUT2D eigenvalue weighted by atomic mass is 19.4. The van der Waals surface area contributed by atoms with Gasteiger partial charge in [-0.1, -0.05) is 6.07 Å². The van der Waals surface area contributed by atoms with E-state index in [1.165, 1.54) is 0 Å². The Morgan fingerprint density at radius 1 is 1.44 bits per heavy atom. The zero-order valence-electron chi connectivity index (χ0n) is 8.67. The third-order valence-corrected chi connectivity index (χ3v) is 2.22. The van der Waals surface area contributed by atoms with Crippen molar-refractivity contribution in [2.75, 3.05) is 0 Å². The molecule has 0 saturated carbocycles. The maximum absolute atomic E-state index is 12.0. The van der Waals surface area contributed by atoms with Gasteiger partial charge in [0, 0.05) is 24.9 Å². The SMILES string of the molecule is NNC(CCC(F)(F)F)Cc1cccnc1. The number of rotatable bonds is 5. The lowest BCUT2D eigenvalue weighted by atomic mass is 10.0. The number of alkyl halides is 3. The first kappa shape index (κ1) is 12.9. The van der Waals surface area contributed by atoms with E-state index in [4.69, 9.17) is 5.84 Å². The van der Waals surface area contributed by atoms with Crippen LogP contribution in [-0.4, -0.2) is 17.2 Å². The van der Waals surface area contributed by atoms with Gasteiger partial charge < -0.3 is 0 Å². The van der Waals surface area contributed by atoms with E-state index in [-0.39, 0.29) is 12.5 Å². The minimum atomic E-state index is -4.13. The summed E-state index contributed by atoms with van der Waals surface area (Å²) < 4.78 is 36.0. The van der Waals surface area contributed by atoms with Crippen LogP contribution in [0.5, 0.6) is 0 Å². The van der Waals surface area contributed by atoms with E-state index in [0.717, 1.165) is 5.56 Å². The van der Waals surface area contributed by atoms with Crippen molar-refractivity contribution in [3.63, 3.8) is 0 Å². The van der Waals surface area contributed by atoms with E-state index < -0.39 is 12.6 Å². The fraction of sp³-hybridized carbons (Fsp3) is 0.500. The van der Waals surface area contributed by atoms with Gasteiger partial charge in [-0.05, 0) is 24.5 Å². The quantitative estimate of drug-likeness (QED) is 0.602. The highest BCUT2D eigenvalue weighted by Crippen LogP contribution is 2.22. The molecule has 0 aliphatic heterocycles. The number of hydrazine groups is 1. The van der Waals surface area contributed by atoms with Gasteiger partial charge in [0.15, 0.2) is 0 Å². The van der Waals surface area contributed by atoms with Crippen molar-refractivity contribution < 1.29 is 13.2 Å². The molecule has 0 aliphatic rings. The Labute approximate surface area is 91.8 Å². The molecule has 16 heavy (non-hydrogen) atoms. The molecular weight excluding hydrogens is 219 g/mol. The maximum Gasteiger partial charge on any atom is 0.389 e. The topological polar surface area (TPSA) is 50.9 Å². The van der Waals surface area contributed by atoms with Crippen LogP contribution in [0.1, 0.15) is 18.4 Å². The van der Waals surface area contributed by atoms with Gasteiger partial charge in [0.05, 0.1) is 0 Å². The van der Waals surface area contributed by atoms with Gasteiger partial charge in [-0.15, -0.1) is 0 Å². The van der Waals surface area contributed by atoms with Gasteiger partial charge in [-0.25, -0.2) is 0 Å². The highest BCUT2D eigenvalue weighted by molar-refractivity contribution is 5.10. The molecule has 0 bridgehead atoms. The van der Waals surface area contributed by atoms with Crippen LogP contribution < -0.4 is 11.3 Å². The summed E-state index contributed by atoms with van der Waals surface area (Å²) in [5, 5.41) is 0. The lowest BCUT2D eigenvalue weighted by molar-refractivity contribution is -0.136. The molecule has 0 fully saturated rings. The summed E-state index contributed by atoms with van der Waals surface area (Å²) in [4.78, 5) is 3.89. The lowest BCUT2D eigenvalue weighted by Gasteiger charge is -2.16. The first-order chi connectivity index (χ1) is 7.51. The van der Waals surface area contributed by atoms with Gasteiger partial charge >= 0.3 is 6.18 Å². The van der Waals surface area contributed by atoms with Gasteiger partial charge in [0.25, 0.3) is 0 Å². The van der Waals surface area contributed by atoms with Crippen LogP contribution in [0.15, 0.2) is 24.5 Å². The van der Waals surface area contributed by atoms with E-state index in [1.54, 1.807) is 18.5 Å². The minimum absolute atomic E-state index is 0.0328. The first-order valence-corrected chi connectivity index (χ1v) is 4.93. The van der Waals surface area contributed by atoms with Crippen molar-refractivity contribution in [3.8, 4) is 0 Å². The van der Waals surface area contributed by atoms with Gasteiger partial charge in [-0.3, -0.25) is 16.3 Å². The molecule has 1 aromatic rings. The van der Waals surface area contributed by atoms with Crippen molar-refractivity contribution in [2.45, 2.75) is 31.5 Å². The molecule has 0 aromatic carbocycles. The van der Waals surface area contributed by atoms with Crippen LogP contribution in [0.3, 0.4) is 0 Å². The third kappa shape index (κ3) is 5.09. The monoisotopic (exact) mass is 233 g/mol. The van der Waals surface area contributed by atoms with Crippen molar-refractivity contribution >= 4 is 0 Å². The van der Waals surface area contributed by atoms with E-state index in [0.29, 0.717) is 6.42 Å². The fourth-order valence-electron chi connectivity index (χ4n) is 1.39. The molecular formula is C10H14F3N3. The molecule has 1 atom stereocenters. The smallest absolute Gasteiger partial charge is 0.271 e. The Balaban J connectivity index is 2.44. The van der Waals surface area contributed by atoms with Gasteiger partial charge in [0.2, 0.25) is 0 Å². The Hall–Kier alpha value is -1.14. The number of halogens is 3. The number of pyridine rings is 1. The summed E-state index contributed by atoms with van der Waals surface area (Å²) in [6.07, 6.45) is -1.32. The summed E-state index contributed by atoms with van der Waals surface area (Å²) in [7, 11) is 0. The van der Waals surface area contributed by atoms with Crippen LogP contribution in [0, 0.1) is 0 Å². The number of nitrogens with zero attached hydrogens (tertiary/aromatic N) is 1. The Bertz CT molecular complexity index is 300. The molecule has 0 radical (unpaired) electrons. The standard InChI is InChI=1S/C10H14F3N3/c11-10(12,13)4-3-9(16-14)6-8-2-1-5-15-7-8/h1-2,5,7,9,16H,3-4,6,14H2. The largest absolute Gasteiger partial charge is 0.389 e.